The van der Waals surface area contributed by atoms with Gasteiger partial charge in [-0.05, 0) is 38.1 Å². The molecule has 122 valence electrons. The summed E-state index contributed by atoms with van der Waals surface area (Å²) in [5.74, 6) is 0.414. The average molecular weight is 325 g/mol. The van der Waals surface area contributed by atoms with E-state index in [2.05, 4.69) is 15.5 Å². The molecule has 0 bridgehead atoms. The van der Waals surface area contributed by atoms with Crippen LogP contribution in [0.2, 0.25) is 0 Å². The Bertz CT molecular complexity index is 934. The smallest absolute Gasteiger partial charge is 0.293 e. The van der Waals surface area contributed by atoms with E-state index in [9.17, 15) is 14.9 Å². The molecule has 0 aliphatic carbocycles. The van der Waals surface area contributed by atoms with Crippen LogP contribution in [0.3, 0.4) is 0 Å². The Balaban J connectivity index is 1.95. The summed E-state index contributed by atoms with van der Waals surface area (Å²) in [7, 11) is 0. The largest absolute Gasteiger partial charge is 0.370 e. The minimum atomic E-state index is -0.511. The van der Waals surface area contributed by atoms with E-state index in [0.29, 0.717) is 22.7 Å². The molecule has 1 atom stereocenters. The summed E-state index contributed by atoms with van der Waals surface area (Å²) in [5.41, 5.74) is 1.17. The van der Waals surface area contributed by atoms with Crippen molar-refractivity contribution in [2.24, 2.45) is 0 Å². The highest BCUT2D eigenvalue weighted by atomic mass is 16.6. The fraction of sp³-hybridized carbons (Fsp3) is 0.188. The molecule has 1 unspecified atom stereocenters. The van der Waals surface area contributed by atoms with Gasteiger partial charge in [-0.3, -0.25) is 19.3 Å². The highest BCUT2D eigenvalue weighted by molar-refractivity contribution is 5.95. The molecule has 1 aromatic carbocycles. The van der Waals surface area contributed by atoms with Crippen molar-refractivity contribution in [1.82, 2.24) is 14.6 Å². The summed E-state index contributed by atoms with van der Waals surface area (Å²) < 4.78 is 1.81. The number of nitrogens with one attached hydrogen (secondary N) is 1. The van der Waals surface area contributed by atoms with E-state index in [1.54, 1.807) is 6.07 Å². The summed E-state index contributed by atoms with van der Waals surface area (Å²) >= 11 is 0. The third-order valence-corrected chi connectivity index (χ3v) is 3.70. The number of hydrogen-bond donors (Lipinski definition) is 1. The van der Waals surface area contributed by atoms with Crippen LogP contribution in [0.25, 0.3) is 5.65 Å². The number of pyridine rings is 1. The van der Waals surface area contributed by atoms with Crippen LogP contribution in [0.4, 0.5) is 11.4 Å². The van der Waals surface area contributed by atoms with Crippen molar-refractivity contribution in [3.05, 3.63) is 64.1 Å². The van der Waals surface area contributed by atoms with Gasteiger partial charge in [-0.1, -0.05) is 6.07 Å². The number of benzene rings is 1. The molecule has 0 fully saturated rings. The van der Waals surface area contributed by atoms with Gasteiger partial charge in [0.25, 0.3) is 5.69 Å². The van der Waals surface area contributed by atoms with Gasteiger partial charge in [0, 0.05) is 17.8 Å². The maximum Gasteiger partial charge on any atom is 0.293 e. The monoisotopic (exact) mass is 325 g/mol. The lowest BCUT2D eigenvalue weighted by atomic mass is 10.1. The maximum atomic E-state index is 11.4. The van der Waals surface area contributed by atoms with Gasteiger partial charge >= 0.3 is 0 Å². The second kappa shape index (κ2) is 6.07. The van der Waals surface area contributed by atoms with Crippen LogP contribution in [-0.2, 0) is 0 Å². The van der Waals surface area contributed by atoms with Gasteiger partial charge in [-0.25, -0.2) is 0 Å². The van der Waals surface area contributed by atoms with E-state index in [0.717, 1.165) is 0 Å². The molecule has 1 N–H and O–H groups in total. The third-order valence-electron chi connectivity index (χ3n) is 3.70. The predicted octanol–water partition coefficient (Wildman–Crippen LogP) is 3.01. The van der Waals surface area contributed by atoms with E-state index < -0.39 is 4.92 Å². The molecular weight excluding hydrogens is 310 g/mol. The summed E-state index contributed by atoms with van der Waals surface area (Å²) in [6, 6.07) is 9.60. The Hall–Kier alpha value is -3.29. The molecule has 3 aromatic rings. The molecule has 0 amide bonds. The summed E-state index contributed by atoms with van der Waals surface area (Å²) in [4.78, 5) is 22.2. The summed E-state index contributed by atoms with van der Waals surface area (Å²) in [5, 5.41) is 22.6. The predicted molar refractivity (Wildman–Crippen MR) is 88.1 cm³/mol. The Morgan fingerprint density at radius 2 is 2.08 bits per heavy atom. The molecule has 24 heavy (non-hydrogen) atoms. The first-order chi connectivity index (χ1) is 11.5. The normalized spacial score (nSPS) is 12.1. The van der Waals surface area contributed by atoms with Crippen LogP contribution < -0.4 is 5.32 Å². The number of Topliss-reactive ketones (excluding diaryl/α,β-unsaturated/α-hetero) is 1. The molecule has 3 rings (SSSR count). The van der Waals surface area contributed by atoms with Gasteiger partial charge < -0.3 is 5.32 Å². The molecule has 0 aliphatic rings. The molecule has 0 radical (unpaired) electrons. The number of nitrogens with zero attached hydrogens (tertiary/aromatic N) is 4. The molecule has 2 aromatic heterocycles. The Kier molecular flexibility index (Phi) is 3.95. The number of anilines is 1. The zero-order chi connectivity index (χ0) is 17.3. The van der Waals surface area contributed by atoms with Crippen molar-refractivity contribution in [2.75, 3.05) is 5.32 Å². The maximum absolute atomic E-state index is 11.4. The van der Waals surface area contributed by atoms with Crippen LogP contribution in [0.15, 0.2) is 42.6 Å². The molecule has 0 aliphatic heterocycles. The number of carbonyl (C=O) groups is 1. The lowest BCUT2D eigenvalue weighted by molar-refractivity contribution is -0.384. The number of rotatable bonds is 5. The number of nitro benzene ring substituents is 1. The van der Waals surface area contributed by atoms with Crippen LogP contribution in [-0.4, -0.2) is 25.3 Å². The standard InChI is InChI=1S/C16H15N5O3/c1-10(16-19-18-15-5-3-4-8-20(15)16)17-13-7-6-12(11(2)22)9-14(13)21(23)24/h3-10,17H,1-2H3. The van der Waals surface area contributed by atoms with Crippen molar-refractivity contribution in [3.63, 3.8) is 0 Å². The van der Waals surface area contributed by atoms with Crippen LogP contribution >= 0.6 is 0 Å². The Morgan fingerprint density at radius 1 is 1.29 bits per heavy atom. The van der Waals surface area contributed by atoms with Gasteiger partial charge in [0.15, 0.2) is 17.3 Å². The fourth-order valence-electron chi connectivity index (χ4n) is 2.48. The van der Waals surface area contributed by atoms with Crippen LogP contribution in [0.5, 0.6) is 0 Å². The first-order valence-electron chi connectivity index (χ1n) is 7.33. The van der Waals surface area contributed by atoms with Crippen molar-refractivity contribution >= 4 is 22.8 Å². The topological polar surface area (TPSA) is 102 Å². The van der Waals surface area contributed by atoms with Gasteiger partial charge in [-0.15, -0.1) is 10.2 Å². The Morgan fingerprint density at radius 3 is 2.79 bits per heavy atom. The lowest BCUT2D eigenvalue weighted by Gasteiger charge is -2.14. The van der Waals surface area contributed by atoms with Crippen molar-refractivity contribution < 1.29 is 9.72 Å². The Labute approximate surface area is 137 Å². The number of nitro groups is 1. The van der Waals surface area contributed by atoms with E-state index in [1.807, 2.05) is 35.7 Å². The molecule has 0 saturated heterocycles. The molecule has 8 nitrogen and oxygen atoms in total. The first kappa shape index (κ1) is 15.6. The highest BCUT2D eigenvalue weighted by Gasteiger charge is 2.20. The van der Waals surface area contributed by atoms with Crippen LogP contribution in [0, 0.1) is 10.1 Å². The SMILES string of the molecule is CC(=O)c1ccc(NC(C)c2nnc3ccccn23)c([N+](=O)[O-])c1. The van der Waals surface area contributed by atoms with E-state index in [1.165, 1.54) is 19.1 Å². The molecular formula is C16H15N5O3. The zero-order valence-corrected chi connectivity index (χ0v) is 13.1. The second-order valence-electron chi connectivity index (χ2n) is 5.40. The average Bonchev–Trinajstić information content (AvgIpc) is 2.98. The third kappa shape index (κ3) is 2.81. The first-order valence-corrected chi connectivity index (χ1v) is 7.33. The van der Waals surface area contributed by atoms with Gasteiger partial charge in [0.05, 0.1) is 11.0 Å². The van der Waals surface area contributed by atoms with E-state index in [4.69, 9.17) is 0 Å². The van der Waals surface area contributed by atoms with Gasteiger partial charge in [0.1, 0.15) is 5.69 Å². The molecule has 2 heterocycles. The zero-order valence-electron chi connectivity index (χ0n) is 13.1. The summed E-state index contributed by atoms with van der Waals surface area (Å²) in [6.07, 6.45) is 1.83. The number of ketones is 1. The number of fused-ring (bicyclic) bond motifs is 1. The van der Waals surface area contributed by atoms with Gasteiger partial charge in [0.2, 0.25) is 0 Å². The quantitative estimate of drug-likeness (QED) is 0.439. The van der Waals surface area contributed by atoms with Crippen LogP contribution in [0.1, 0.15) is 36.1 Å². The second-order valence-corrected chi connectivity index (χ2v) is 5.40. The number of carbonyl (C=O) groups excluding carboxylic acids is 1. The molecule has 0 saturated carbocycles. The summed E-state index contributed by atoms with van der Waals surface area (Å²) in [6.45, 7) is 3.21. The number of aromatic nitrogens is 3. The minimum absolute atomic E-state index is 0.150. The lowest BCUT2D eigenvalue weighted by Crippen LogP contribution is -2.12. The number of hydrogen-bond acceptors (Lipinski definition) is 6. The van der Waals surface area contributed by atoms with E-state index >= 15 is 0 Å². The minimum Gasteiger partial charge on any atom is -0.370 e. The van der Waals surface area contributed by atoms with Crippen molar-refractivity contribution in [2.45, 2.75) is 19.9 Å². The van der Waals surface area contributed by atoms with E-state index in [-0.39, 0.29) is 17.5 Å². The van der Waals surface area contributed by atoms with Crippen molar-refractivity contribution in [1.29, 1.82) is 0 Å². The molecule has 0 spiro atoms. The fourth-order valence-corrected chi connectivity index (χ4v) is 2.48. The molecule has 8 heteroatoms. The van der Waals surface area contributed by atoms with Gasteiger partial charge in [-0.2, -0.15) is 0 Å². The van der Waals surface area contributed by atoms with Crippen molar-refractivity contribution in [3.8, 4) is 0 Å². The highest BCUT2D eigenvalue weighted by Crippen LogP contribution is 2.29.